The van der Waals surface area contributed by atoms with E-state index >= 15 is 0 Å². The number of guanidine groups is 1. The van der Waals surface area contributed by atoms with Crippen molar-refractivity contribution in [3.05, 3.63) is 41.7 Å². The molecule has 0 fully saturated rings. The lowest BCUT2D eigenvalue weighted by molar-refractivity contribution is 0.0954. The Bertz CT molecular complexity index is 583. The third-order valence-corrected chi connectivity index (χ3v) is 4.06. The van der Waals surface area contributed by atoms with Crippen molar-refractivity contribution < 1.29 is 4.79 Å². The number of hydrogen-bond donors (Lipinski definition) is 3. The van der Waals surface area contributed by atoms with Gasteiger partial charge < -0.3 is 16.0 Å². The molecule has 1 aromatic heterocycles. The van der Waals surface area contributed by atoms with Crippen molar-refractivity contribution in [2.24, 2.45) is 4.99 Å². The molecular weight excluding hydrogens is 314 g/mol. The monoisotopic (exact) mass is 343 g/mol. The van der Waals surface area contributed by atoms with E-state index in [0.29, 0.717) is 18.7 Å². The number of aliphatic imine (C=N–C) groups is 1. The van der Waals surface area contributed by atoms with E-state index in [1.54, 1.807) is 24.5 Å². The summed E-state index contributed by atoms with van der Waals surface area (Å²) in [7, 11) is 0. The number of amides is 1. The van der Waals surface area contributed by atoms with Gasteiger partial charge in [0.15, 0.2) is 5.96 Å². The lowest BCUT2D eigenvalue weighted by Gasteiger charge is -2.13. The van der Waals surface area contributed by atoms with Crippen LogP contribution in [0.1, 0.15) is 49.4 Å². The topological polar surface area (TPSA) is 78.4 Å². The molecule has 1 aromatic rings. The Morgan fingerprint density at radius 1 is 1.24 bits per heavy atom. The van der Waals surface area contributed by atoms with Crippen molar-refractivity contribution in [1.82, 2.24) is 20.9 Å². The second kappa shape index (κ2) is 11.2. The Balaban J connectivity index is 1.68. The van der Waals surface area contributed by atoms with Gasteiger partial charge in [-0.05, 0) is 51.2 Å². The van der Waals surface area contributed by atoms with Crippen LogP contribution < -0.4 is 16.0 Å². The molecule has 0 aliphatic heterocycles. The first-order chi connectivity index (χ1) is 12.3. The van der Waals surface area contributed by atoms with Gasteiger partial charge in [0.25, 0.3) is 5.91 Å². The van der Waals surface area contributed by atoms with E-state index in [2.05, 4.69) is 32.0 Å². The van der Waals surface area contributed by atoms with Gasteiger partial charge in [0.1, 0.15) is 0 Å². The molecule has 0 radical (unpaired) electrons. The van der Waals surface area contributed by atoms with Crippen molar-refractivity contribution in [3.63, 3.8) is 0 Å². The second-order valence-corrected chi connectivity index (χ2v) is 6.04. The van der Waals surface area contributed by atoms with Gasteiger partial charge in [-0.15, -0.1) is 0 Å². The number of rotatable bonds is 8. The average molecular weight is 343 g/mol. The maximum absolute atomic E-state index is 11.9. The van der Waals surface area contributed by atoms with Crippen LogP contribution in [-0.4, -0.2) is 43.0 Å². The van der Waals surface area contributed by atoms with Crippen molar-refractivity contribution in [2.75, 3.05) is 26.2 Å². The molecule has 0 aromatic carbocycles. The van der Waals surface area contributed by atoms with Crippen molar-refractivity contribution in [2.45, 2.75) is 39.0 Å². The van der Waals surface area contributed by atoms with E-state index < -0.39 is 0 Å². The molecule has 2 rings (SSSR count). The molecule has 0 spiro atoms. The highest BCUT2D eigenvalue weighted by atomic mass is 16.1. The summed E-state index contributed by atoms with van der Waals surface area (Å²) in [6.45, 7) is 4.81. The fourth-order valence-electron chi connectivity index (χ4n) is 2.74. The summed E-state index contributed by atoms with van der Waals surface area (Å²) in [4.78, 5) is 20.5. The maximum atomic E-state index is 11.9. The number of allylic oxidation sites excluding steroid dienone is 1. The van der Waals surface area contributed by atoms with E-state index in [1.165, 1.54) is 31.3 Å². The molecule has 0 unspecified atom stereocenters. The highest BCUT2D eigenvalue weighted by Gasteiger charge is 2.05. The Morgan fingerprint density at radius 3 is 2.84 bits per heavy atom. The van der Waals surface area contributed by atoms with Gasteiger partial charge in [0.05, 0.1) is 5.56 Å². The van der Waals surface area contributed by atoms with E-state index in [4.69, 9.17) is 0 Å². The fraction of sp³-hybridized carbons (Fsp3) is 0.526. The predicted molar refractivity (Wildman–Crippen MR) is 102 cm³/mol. The van der Waals surface area contributed by atoms with Crippen LogP contribution in [0.5, 0.6) is 0 Å². The summed E-state index contributed by atoms with van der Waals surface area (Å²) in [5, 5.41) is 9.36. The van der Waals surface area contributed by atoms with Crippen LogP contribution in [0.2, 0.25) is 0 Å². The lowest BCUT2D eigenvalue weighted by Crippen LogP contribution is -2.41. The molecule has 0 saturated carbocycles. The largest absolute Gasteiger partial charge is 0.357 e. The summed E-state index contributed by atoms with van der Waals surface area (Å²) in [5.41, 5.74) is 2.11. The average Bonchev–Trinajstić information content (AvgIpc) is 2.66. The first-order valence-electron chi connectivity index (χ1n) is 9.18. The molecule has 6 heteroatoms. The Hall–Kier alpha value is -2.37. The standard InChI is InChI=1S/C19H29N5O/c1-2-21-19(23-12-10-16-7-4-3-5-8-16)24-14-13-22-18(25)17-9-6-11-20-15-17/h6-7,9,11,15H,2-5,8,10,12-14H2,1H3,(H,22,25)(H2,21,23,24). The van der Waals surface area contributed by atoms with Crippen LogP contribution in [0, 0.1) is 0 Å². The predicted octanol–water partition coefficient (Wildman–Crippen LogP) is 2.26. The summed E-state index contributed by atoms with van der Waals surface area (Å²) >= 11 is 0. The second-order valence-electron chi connectivity index (χ2n) is 6.04. The van der Waals surface area contributed by atoms with Crippen molar-refractivity contribution in [1.29, 1.82) is 0 Å². The zero-order valence-corrected chi connectivity index (χ0v) is 15.1. The van der Waals surface area contributed by atoms with Crippen LogP contribution in [0.15, 0.2) is 41.2 Å². The fourth-order valence-corrected chi connectivity index (χ4v) is 2.74. The summed E-state index contributed by atoms with van der Waals surface area (Å²) in [6.07, 6.45) is 11.7. The molecular formula is C19H29N5O. The van der Waals surface area contributed by atoms with E-state index in [9.17, 15) is 4.79 Å². The van der Waals surface area contributed by atoms with Gasteiger partial charge in [-0.25, -0.2) is 0 Å². The normalized spacial score (nSPS) is 14.6. The molecule has 0 bridgehead atoms. The van der Waals surface area contributed by atoms with Gasteiger partial charge in [-0.1, -0.05) is 11.6 Å². The Morgan fingerprint density at radius 2 is 2.12 bits per heavy atom. The van der Waals surface area contributed by atoms with Gasteiger partial charge in [0.2, 0.25) is 0 Å². The summed E-state index contributed by atoms with van der Waals surface area (Å²) in [6, 6.07) is 3.51. The van der Waals surface area contributed by atoms with Gasteiger partial charge >= 0.3 is 0 Å². The maximum Gasteiger partial charge on any atom is 0.252 e. The molecule has 3 N–H and O–H groups in total. The molecule has 136 valence electrons. The highest BCUT2D eigenvalue weighted by molar-refractivity contribution is 5.93. The highest BCUT2D eigenvalue weighted by Crippen LogP contribution is 2.19. The lowest BCUT2D eigenvalue weighted by atomic mass is 9.97. The summed E-state index contributed by atoms with van der Waals surface area (Å²) < 4.78 is 0. The molecule has 1 heterocycles. The number of pyridine rings is 1. The molecule has 0 saturated heterocycles. The number of nitrogens with one attached hydrogen (secondary N) is 3. The van der Waals surface area contributed by atoms with Crippen LogP contribution >= 0.6 is 0 Å². The minimum Gasteiger partial charge on any atom is -0.357 e. The van der Waals surface area contributed by atoms with Gasteiger partial charge in [-0.3, -0.25) is 14.8 Å². The molecule has 25 heavy (non-hydrogen) atoms. The van der Waals surface area contributed by atoms with E-state index in [-0.39, 0.29) is 5.91 Å². The summed E-state index contributed by atoms with van der Waals surface area (Å²) in [5.74, 6) is 0.690. The zero-order chi connectivity index (χ0) is 17.7. The Kier molecular flexibility index (Phi) is 8.52. The van der Waals surface area contributed by atoms with Crippen molar-refractivity contribution >= 4 is 11.9 Å². The van der Waals surface area contributed by atoms with Gasteiger partial charge in [0, 0.05) is 38.6 Å². The molecule has 6 nitrogen and oxygen atoms in total. The minimum atomic E-state index is -0.110. The van der Waals surface area contributed by atoms with E-state index in [0.717, 1.165) is 25.5 Å². The van der Waals surface area contributed by atoms with Crippen LogP contribution in [0.3, 0.4) is 0 Å². The first-order valence-corrected chi connectivity index (χ1v) is 9.18. The zero-order valence-electron chi connectivity index (χ0n) is 15.1. The molecule has 1 aliphatic rings. The number of aromatic nitrogens is 1. The SMILES string of the molecule is CCNC(=NCCC1=CCCCC1)NCCNC(=O)c1cccnc1. The number of hydrogen-bond acceptors (Lipinski definition) is 3. The van der Waals surface area contributed by atoms with E-state index in [1.807, 2.05) is 6.92 Å². The minimum absolute atomic E-state index is 0.110. The van der Waals surface area contributed by atoms with Gasteiger partial charge in [-0.2, -0.15) is 0 Å². The Labute approximate surface area is 150 Å². The van der Waals surface area contributed by atoms with Crippen LogP contribution in [0.25, 0.3) is 0 Å². The third-order valence-electron chi connectivity index (χ3n) is 4.06. The van der Waals surface area contributed by atoms with Crippen LogP contribution in [-0.2, 0) is 0 Å². The van der Waals surface area contributed by atoms with Crippen LogP contribution in [0.4, 0.5) is 0 Å². The number of nitrogens with zero attached hydrogens (tertiary/aromatic N) is 2. The first kappa shape index (κ1) is 19.0. The number of carbonyl (C=O) groups excluding carboxylic acids is 1. The molecule has 1 amide bonds. The molecule has 0 atom stereocenters. The quantitative estimate of drug-likeness (QED) is 0.293. The van der Waals surface area contributed by atoms with Crippen molar-refractivity contribution in [3.8, 4) is 0 Å². The number of carbonyl (C=O) groups is 1. The molecule has 1 aliphatic carbocycles. The smallest absolute Gasteiger partial charge is 0.252 e. The third kappa shape index (κ3) is 7.37.